The van der Waals surface area contributed by atoms with Crippen molar-refractivity contribution in [3.05, 3.63) is 11.4 Å². The second kappa shape index (κ2) is 4.01. The Kier molecular flexibility index (Phi) is 2.98. The Hall–Kier alpha value is -1.41. The number of nitrogens with zero attached hydrogens (tertiary/aromatic N) is 4. The van der Waals surface area contributed by atoms with Gasteiger partial charge >= 0.3 is 0 Å². The van der Waals surface area contributed by atoms with Crippen molar-refractivity contribution in [2.45, 2.75) is 26.3 Å². The summed E-state index contributed by atoms with van der Waals surface area (Å²) in [4.78, 5) is 0. The van der Waals surface area contributed by atoms with Gasteiger partial charge in [0.15, 0.2) is 0 Å². The Morgan fingerprint density at radius 1 is 1.69 bits per heavy atom. The Balaban J connectivity index is 2.93. The summed E-state index contributed by atoms with van der Waals surface area (Å²) in [7, 11) is 0. The minimum Gasteiger partial charge on any atom is -0.394 e. The van der Waals surface area contributed by atoms with Gasteiger partial charge in [-0.15, -0.1) is 5.10 Å². The fraction of sp³-hybridized carbons (Fsp3) is 0.625. The fourth-order valence-electron chi connectivity index (χ4n) is 1.11. The first-order valence-corrected chi connectivity index (χ1v) is 4.09. The largest absolute Gasteiger partial charge is 0.394 e. The lowest BCUT2D eigenvalue weighted by molar-refractivity contribution is 0.226. The van der Waals surface area contributed by atoms with Gasteiger partial charge in [0.1, 0.15) is 0 Å². The molecule has 1 aromatic rings. The molecule has 0 saturated carbocycles. The van der Waals surface area contributed by atoms with Gasteiger partial charge in [-0.2, -0.15) is 5.26 Å². The third kappa shape index (κ3) is 1.84. The van der Waals surface area contributed by atoms with Crippen molar-refractivity contribution in [3.63, 3.8) is 0 Å². The van der Waals surface area contributed by atoms with Gasteiger partial charge in [-0.1, -0.05) is 5.21 Å². The van der Waals surface area contributed by atoms with Crippen molar-refractivity contribution in [2.24, 2.45) is 0 Å². The van der Waals surface area contributed by atoms with E-state index < -0.39 is 0 Å². The second-order valence-corrected chi connectivity index (χ2v) is 2.93. The zero-order valence-corrected chi connectivity index (χ0v) is 7.73. The Morgan fingerprint density at radius 3 is 2.92 bits per heavy atom. The highest BCUT2D eigenvalue weighted by Crippen LogP contribution is 2.10. The number of hydrogen-bond acceptors (Lipinski definition) is 4. The zero-order valence-electron chi connectivity index (χ0n) is 7.73. The first kappa shape index (κ1) is 9.68. The van der Waals surface area contributed by atoms with Crippen LogP contribution in [-0.4, -0.2) is 26.7 Å². The van der Waals surface area contributed by atoms with Gasteiger partial charge in [-0.25, -0.2) is 4.68 Å². The molecule has 1 N–H and O–H groups in total. The number of hydrogen-bond donors (Lipinski definition) is 1. The average Bonchev–Trinajstić information content (AvgIpc) is 2.48. The number of rotatable bonds is 3. The molecule has 5 heteroatoms. The SMILES string of the molecule is Cc1c(CC#N)nnn1C(C)CO. The first-order valence-electron chi connectivity index (χ1n) is 4.09. The minimum absolute atomic E-state index is 0.0240. The van der Waals surface area contributed by atoms with E-state index in [1.54, 1.807) is 4.68 Å². The molecule has 0 saturated heterocycles. The maximum Gasteiger partial charge on any atom is 0.0996 e. The molecule has 0 spiro atoms. The molecule has 0 fully saturated rings. The lowest BCUT2D eigenvalue weighted by atomic mass is 10.2. The lowest BCUT2D eigenvalue weighted by Crippen LogP contribution is -2.12. The molecule has 0 aliphatic heterocycles. The van der Waals surface area contributed by atoms with E-state index in [1.165, 1.54) is 0 Å². The molecule has 1 atom stereocenters. The van der Waals surface area contributed by atoms with E-state index >= 15 is 0 Å². The van der Waals surface area contributed by atoms with Crippen LogP contribution in [0.1, 0.15) is 24.4 Å². The summed E-state index contributed by atoms with van der Waals surface area (Å²) in [5, 5.41) is 25.1. The lowest BCUT2D eigenvalue weighted by Gasteiger charge is -2.08. The van der Waals surface area contributed by atoms with Gasteiger partial charge in [-0.05, 0) is 13.8 Å². The van der Waals surface area contributed by atoms with E-state index in [-0.39, 0.29) is 19.1 Å². The van der Waals surface area contributed by atoms with E-state index in [4.69, 9.17) is 10.4 Å². The van der Waals surface area contributed by atoms with Gasteiger partial charge < -0.3 is 5.11 Å². The molecular formula is C8H12N4O. The maximum atomic E-state index is 8.90. The third-order valence-electron chi connectivity index (χ3n) is 1.95. The van der Waals surface area contributed by atoms with E-state index in [1.807, 2.05) is 19.9 Å². The monoisotopic (exact) mass is 180 g/mol. The molecule has 13 heavy (non-hydrogen) atoms. The number of aliphatic hydroxyl groups excluding tert-OH is 1. The fourth-order valence-corrected chi connectivity index (χ4v) is 1.11. The van der Waals surface area contributed by atoms with Gasteiger partial charge in [0, 0.05) is 0 Å². The molecule has 1 heterocycles. The van der Waals surface area contributed by atoms with E-state index in [0.717, 1.165) is 5.69 Å². The normalized spacial score (nSPS) is 12.5. The van der Waals surface area contributed by atoms with Crippen molar-refractivity contribution in [1.82, 2.24) is 15.0 Å². The average molecular weight is 180 g/mol. The van der Waals surface area contributed by atoms with Crippen LogP contribution < -0.4 is 0 Å². The van der Waals surface area contributed by atoms with E-state index in [2.05, 4.69) is 10.3 Å². The smallest absolute Gasteiger partial charge is 0.0996 e. The Bertz CT molecular complexity index is 325. The molecule has 1 aromatic heterocycles. The van der Waals surface area contributed by atoms with E-state index in [0.29, 0.717) is 5.69 Å². The minimum atomic E-state index is -0.0834. The number of nitriles is 1. The summed E-state index contributed by atoms with van der Waals surface area (Å²) in [6, 6.07) is 1.93. The van der Waals surface area contributed by atoms with Crippen LogP contribution in [0.25, 0.3) is 0 Å². The molecule has 70 valence electrons. The molecular weight excluding hydrogens is 168 g/mol. The second-order valence-electron chi connectivity index (χ2n) is 2.93. The van der Waals surface area contributed by atoms with Crippen LogP contribution in [0.2, 0.25) is 0 Å². The van der Waals surface area contributed by atoms with Crippen molar-refractivity contribution >= 4 is 0 Å². The highest BCUT2D eigenvalue weighted by molar-refractivity contribution is 5.12. The van der Waals surface area contributed by atoms with E-state index in [9.17, 15) is 0 Å². The van der Waals surface area contributed by atoms with Crippen LogP contribution in [0, 0.1) is 18.3 Å². The van der Waals surface area contributed by atoms with Crippen LogP contribution in [0.5, 0.6) is 0 Å². The van der Waals surface area contributed by atoms with Gasteiger partial charge in [-0.3, -0.25) is 0 Å². The quantitative estimate of drug-likeness (QED) is 0.721. The van der Waals surface area contributed by atoms with Crippen molar-refractivity contribution in [2.75, 3.05) is 6.61 Å². The highest BCUT2D eigenvalue weighted by atomic mass is 16.3. The molecule has 5 nitrogen and oxygen atoms in total. The molecule has 0 radical (unpaired) electrons. The molecule has 0 aliphatic carbocycles. The van der Waals surface area contributed by atoms with Crippen LogP contribution >= 0.6 is 0 Å². The summed E-state index contributed by atoms with van der Waals surface area (Å²) in [5.41, 5.74) is 1.53. The molecule has 1 rings (SSSR count). The topological polar surface area (TPSA) is 74.7 Å². The van der Waals surface area contributed by atoms with Crippen LogP contribution in [0.15, 0.2) is 0 Å². The van der Waals surface area contributed by atoms with Gasteiger partial charge in [0.05, 0.1) is 36.5 Å². The summed E-state index contributed by atoms with van der Waals surface area (Å²) >= 11 is 0. The summed E-state index contributed by atoms with van der Waals surface area (Å²) in [6.45, 7) is 3.72. The number of aromatic nitrogens is 3. The maximum absolute atomic E-state index is 8.90. The predicted octanol–water partition coefficient (Wildman–Crippen LogP) is 0.206. The Labute approximate surface area is 76.6 Å². The molecule has 1 unspecified atom stereocenters. The highest BCUT2D eigenvalue weighted by Gasteiger charge is 2.11. The van der Waals surface area contributed by atoms with Crippen molar-refractivity contribution in [3.8, 4) is 6.07 Å². The summed E-state index contributed by atoms with van der Waals surface area (Å²) < 4.78 is 1.63. The zero-order chi connectivity index (χ0) is 9.84. The van der Waals surface area contributed by atoms with Crippen molar-refractivity contribution < 1.29 is 5.11 Å². The van der Waals surface area contributed by atoms with Crippen LogP contribution in [0.3, 0.4) is 0 Å². The third-order valence-corrected chi connectivity index (χ3v) is 1.95. The summed E-state index contributed by atoms with van der Waals surface area (Å²) in [6.07, 6.45) is 0.268. The molecule has 0 amide bonds. The standard InChI is InChI=1S/C8H12N4O/c1-6(5-13)12-7(2)8(3-4-9)10-11-12/h6,13H,3,5H2,1-2H3. The van der Waals surface area contributed by atoms with Crippen LogP contribution in [-0.2, 0) is 6.42 Å². The number of aliphatic hydroxyl groups is 1. The van der Waals surface area contributed by atoms with Crippen molar-refractivity contribution in [1.29, 1.82) is 5.26 Å². The molecule has 0 aliphatic rings. The van der Waals surface area contributed by atoms with Gasteiger partial charge in [0.2, 0.25) is 0 Å². The van der Waals surface area contributed by atoms with Crippen LogP contribution in [0.4, 0.5) is 0 Å². The Morgan fingerprint density at radius 2 is 2.38 bits per heavy atom. The molecule has 0 aromatic carbocycles. The summed E-state index contributed by atoms with van der Waals surface area (Å²) in [5.74, 6) is 0. The molecule has 0 bridgehead atoms. The first-order chi connectivity index (χ1) is 6.20. The van der Waals surface area contributed by atoms with Gasteiger partial charge in [0.25, 0.3) is 0 Å². The predicted molar refractivity (Wildman–Crippen MR) is 45.9 cm³/mol.